The first-order valence-corrected chi connectivity index (χ1v) is 12.4. The van der Waals surface area contributed by atoms with Gasteiger partial charge in [-0.05, 0) is 60.7 Å². The second kappa shape index (κ2) is 9.41. The van der Waals surface area contributed by atoms with Crippen LogP contribution >= 0.6 is 11.3 Å². The van der Waals surface area contributed by atoms with Crippen LogP contribution in [0.15, 0.2) is 60.8 Å². The van der Waals surface area contributed by atoms with E-state index in [0.717, 1.165) is 59.6 Å². The Morgan fingerprint density at radius 2 is 2.00 bits per heavy atom. The number of hydrogen-bond acceptors (Lipinski definition) is 5. The molecule has 2 heterocycles. The summed E-state index contributed by atoms with van der Waals surface area (Å²) in [5, 5.41) is 18.9. The summed E-state index contributed by atoms with van der Waals surface area (Å²) >= 11 is 1.86. The second-order valence-corrected chi connectivity index (χ2v) is 9.95. The number of nitrogens with one attached hydrogen (secondary N) is 3. The summed E-state index contributed by atoms with van der Waals surface area (Å²) in [6.07, 6.45) is 4.18. The van der Waals surface area contributed by atoms with Crippen LogP contribution in [0.4, 0.5) is 0 Å². The van der Waals surface area contributed by atoms with Crippen LogP contribution in [0, 0.1) is 12.3 Å². The van der Waals surface area contributed by atoms with Gasteiger partial charge in [0.1, 0.15) is 0 Å². The maximum atomic E-state index is 7.53. The molecule has 0 radical (unpaired) electrons. The third kappa shape index (κ3) is 4.22. The van der Waals surface area contributed by atoms with E-state index in [4.69, 9.17) is 11.1 Å². The van der Waals surface area contributed by atoms with Crippen molar-refractivity contribution in [1.82, 2.24) is 15.5 Å². The van der Waals surface area contributed by atoms with Crippen molar-refractivity contribution in [2.24, 2.45) is 5.73 Å². The van der Waals surface area contributed by atoms with Crippen molar-refractivity contribution in [3.05, 3.63) is 87.9 Å². The molecule has 1 aliphatic carbocycles. The smallest absolute Gasteiger partial charge is 0.0963 e. The topological polar surface area (TPSA) is 90.6 Å². The quantitative estimate of drug-likeness (QED) is 0.200. The van der Waals surface area contributed by atoms with E-state index in [1.807, 2.05) is 24.3 Å². The first kappa shape index (κ1) is 22.3. The van der Waals surface area contributed by atoms with Crippen LogP contribution in [0.1, 0.15) is 40.0 Å². The van der Waals surface area contributed by atoms with E-state index in [1.54, 1.807) is 0 Å². The molecular weight excluding hydrogens is 438 g/mol. The summed E-state index contributed by atoms with van der Waals surface area (Å²) in [5.74, 6) is 0. The van der Waals surface area contributed by atoms with E-state index in [0.29, 0.717) is 6.54 Å². The Kier molecular flexibility index (Phi) is 6.18. The van der Waals surface area contributed by atoms with Crippen LogP contribution in [0.5, 0.6) is 0 Å². The fraction of sp³-hybridized carbons (Fsp3) is 0.214. The largest absolute Gasteiger partial charge is 0.385 e. The zero-order chi connectivity index (χ0) is 23.7. The van der Waals surface area contributed by atoms with Crippen molar-refractivity contribution < 1.29 is 0 Å². The van der Waals surface area contributed by atoms with E-state index < -0.39 is 0 Å². The Labute approximate surface area is 204 Å². The highest BCUT2D eigenvalue weighted by Crippen LogP contribution is 2.46. The Bertz CT molecular complexity index is 1360. The number of aromatic nitrogens is 2. The molecule has 0 unspecified atom stereocenters. The van der Waals surface area contributed by atoms with Gasteiger partial charge in [0, 0.05) is 51.3 Å². The molecule has 0 saturated heterocycles. The number of aromatic amines is 1. The van der Waals surface area contributed by atoms with Gasteiger partial charge in [0.25, 0.3) is 0 Å². The number of H-pyrrole nitrogens is 1. The molecule has 5 N–H and O–H groups in total. The summed E-state index contributed by atoms with van der Waals surface area (Å²) in [6, 6.07) is 17.2. The molecule has 1 aliphatic rings. The number of allylic oxidation sites excluding steroid dienone is 1. The Morgan fingerprint density at radius 3 is 2.74 bits per heavy atom. The van der Waals surface area contributed by atoms with E-state index in [2.05, 4.69) is 64.6 Å². The lowest BCUT2D eigenvalue weighted by Crippen LogP contribution is -2.13. The maximum Gasteiger partial charge on any atom is 0.0963 e. The van der Waals surface area contributed by atoms with Crippen molar-refractivity contribution in [2.45, 2.75) is 32.7 Å². The van der Waals surface area contributed by atoms with Gasteiger partial charge in [-0.2, -0.15) is 5.10 Å². The summed E-state index contributed by atoms with van der Waals surface area (Å²) in [4.78, 5) is 2.67. The maximum absolute atomic E-state index is 7.53. The van der Waals surface area contributed by atoms with Crippen molar-refractivity contribution >= 4 is 17.6 Å². The normalized spacial score (nSPS) is 11.8. The third-order valence-electron chi connectivity index (χ3n) is 6.45. The summed E-state index contributed by atoms with van der Waals surface area (Å²) in [7, 11) is 0. The minimum absolute atomic E-state index is 0.694. The highest BCUT2D eigenvalue weighted by atomic mass is 32.1. The first-order valence-electron chi connectivity index (χ1n) is 11.6. The molecule has 6 heteroatoms. The van der Waals surface area contributed by atoms with Gasteiger partial charge in [-0.25, -0.2) is 0 Å². The molecule has 5 rings (SSSR count). The van der Waals surface area contributed by atoms with Crippen molar-refractivity contribution in [3.8, 4) is 33.0 Å². The van der Waals surface area contributed by atoms with Crippen LogP contribution in [0.25, 0.3) is 33.0 Å². The summed E-state index contributed by atoms with van der Waals surface area (Å²) in [5.41, 5.74) is 16.9. The lowest BCUT2D eigenvalue weighted by atomic mass is 10.0. The standard InChI is InChI=1S/C28H29N5S/c1-17-12-21(9-10-22(17)15-30)27-24-14-26-23(28(24)33-32-27)13-25(34-26)20-7-5-19(6-8-20)16-31-18(2)4-3-11-29/h5-10,12-13,15,30-31H,2-4,11,14,16,29H2,1H3,(H,32,33). The molecule has 0 saturated carbocycles. The molecule has 0 bridgehead atoms. The average Bonchev–Trinajstić information content (AvgIpc) is 3.53. The molecule has 0 aliphatic heterocycles. The third-order valence-corrected chi connectivity index (χ3v) is 7.63. The molecule has 0 atom stereocenters. The van der Waals surface area contributed by atoms with E-state index in [9.17, 15) is 0 Å². The molecule has 2 aromatic carbocycles. The molecule has 0 spiro atoms. The number of hydrogen-bond donors (Lipinski definition) is 4. The molecule has 5 nitrogen and oxygen atoms in total. The number of nitrogens with zero attached hydrogens (tertiary/aromatic N) is 1. The van der Waals surface area contributed by atoms with Crippen LogP contribution in [-0.4, -0.2) is 23.0 Å². The minimum atomic E-state index is 0.694. The average molecular weight is 468 g/mol. The van der Waals surface area contributed by atoms with E-state index in [1.165, 1.54) is 38.2 Å². The predicted octanol–water partition coefficient (Wildman–Crippen LogP) is 6.02. The number of rotatable bonds is 9. The number of aryl methyl sites for hydroxylation is 1. The highest BCUT2D eigenvalue weighted by molar-refractivity contribution is 7.16. The first-order chi connectivity index (χ1) is 16.6. The Hall–Kier alpha value is -3.48. The van der Waals surface area contributed by atoms with Crippen LogP contribution in [0.2, 0.25) is 0 Å². The fourth-order valence-corrected chi connectivity index (χ4v) is 5.66. The fourth-order valence-electron chi connectivity index (χ4n) is 4.48. The van der Waals surface area contributed by atoms with Gasteiger partial charge in [-0.15, -0.1) is 11.3 Å². The molecule has 2 aromatic heterocycles. The summed E-state index contributed by atoms with van der Waals surface area (Å²) in [6.45, 7) is 7.59. The molecule has 34 heavy (non-hydrogen) atoms. The van der Waals surface area contributed by atoms with Crippen LogP contribution in [0.3, 0.4) is 0 Å². The lowest BCUT2D eigenvalue weighted by molar-refractivity contribution is 0.719. The van der Waals surface area contributed by atoms with E-state index >= 15 is 0 Å². The second-order valence-electron chi connectivity index (χ2n) is 8.81. The zero-order valence-corrected chi connectivity index (χ0v) is 20.2. The van der Waals surface area contributed by atoms with Gasteiger partial charge in [-0.1, -0.05) is 43.0 Å². The molecule has 0 amide bonds. The Balaban J connectivity index is 1.32. The molecular formula is C28H29N5S. The Morgan fingerprint density at radius 1 is 1.21 bits per heavy atom. The summed E-state index contributed by atoms with van der Waals surface area (Å²) < 4.78 is 0. The number of thiophene rings is 1. The number of benzene rings is 2. The SMILES string of the molecule is C=C(CCCN)NCc1ccc(-c2cc3c(s2)Cc2c(-c4ccc(C=N)c(C)c4)n[nH]c2-3)cc1. The predicted molar refractivity (Wildman–Crippen MR) is 142 cm³/mol. The van der Waals surface area contributed by atoms with Crippen molar-refractivity contribution in [2.75, 3.05) is 6.54 Å². The minimum Gasteiger partial charge on any atom is -0.385 e. The monoisotopic (exact) mass is 467 g/mol. The van der Waals surface area contributed by atoms with E-state index in [-0.39, 0.29) is 0 Å². The van der Waals surface area contributed by atoms with Gasteiger partial charge in [0.05, 0.1) is 11.4 Å². The lowest BCUT2D eigenvalue weighted by Gasteiger charge is -2.09. The molecule has 4 aromatic rings. The number of nitrogens with two attached hydrogens (primary N) is 1. The van der Waals surface area contributed by atoms with Gasteiger partial charge in [0.15, 0.2) is 0 Å². The van der Waals surface area contributed by atoms with Crippen molar-refractivity contribution in [3.63, 3.8) is 0 Å². The van der Waals surface area contributed by atoms with Gasteiger partial charge in [-0.3, -0.25) is 5.10 Å². The highest BCUT2D eigenvalue weighted by Gasteiger charge is 2.27. The van der Waals surface area contributed by atoms with Gasteiger partial charge in [0.2, 0.25) is 0 Å². The van der Waals surface area contributed by atoms with Crippen molar-refractivity contribution in [1.29, 1.82) is 5.41 Å². The van der Waals surface area contributed by atoms with Gasteiger partial charge >= 0.3 is 0 Å². The molecule has 0 fully saturated rings. The van der Waals surface area contributed by atoms with Crippen LogP contribution < -0.4 is 11.1 Å². The zero-order valence-electron chi connectivity index (χ0n) is 19.4. The van der Waals surface area contributed by atoms with Gasteiger partial charge < -0.3 is 16.5 Å². The number of fused-ring (bicyclic) bond motifs is 3. The molecule has 172 valence electrons. The van der Waals surface area contributed by atoms with Crippen LogP contribution in [-0.2, 0) is 13.0 Å².